The van der Waals surface area contributed by atoms with Crippen LogP contribution in [0.1, 0.15) is 181 Å². The van der Waals surface area contributed by atoms with E-state index in [-0.39, 0.29) is 12.8 Å². The second-order valence-electron chi connectivity index (χ2n) is 17.0. The van der Waals surface area contributed by atoms with Crippen LogP contribution in [-0.4, -0.2) is 98.3 Å². The van der Waals surface area contributed by atoms with Crippen molar-refractivity contribution in [3.8, 4) is 0 Å². The van der Waals surface area contributed by atoms with Crippen LogP contribution in [0.15, 0.2) is 72.9 Å². The fraction of sp³-hybridized carbons (Fsp3) is 0.725. The van der Waals surface area contributed by atoms with Gasteiger partial charge in [0.05, 0.1) is 6.61 Å². The summed E-state index contributed by atoms with van der Waals surface area (Å²) in [6, 6.07) is 0. The second-order valence-corrected chi connectivity index (χ2v) is 18.4. The lowest BCUT2D eigenvalue weighted by Gasteiger charge is -2.41. The number of aliphatic hydroxyl groups is 5. The van der Waals surface area contributed by atoms with E-state index in [9.17, 15) is 44.6 Å². The highest BCUT2D eigenvalue weighted by Crippen LogP contribution is 2.47. The Kier molecular flexibility index (Phi) is 37.5. The summed E-state index contributed by atoms with van der Waals surface area (Å²) in [5, 5.41) is 50.2. The molecule has 374 valence electrons. The zero-order chi connectivity index (χ0) is 47.8. The van der Waals surface area contributed by atoms with E-state index in [0.717, 1.165) is 57.8 Å². The van der Waals surface area contributed by atoms with Crippen molar-refractivity contribution in [3.63, 3.8) is 0 Å². The molecule has 0 aromatic heterocycles. The number of aliphatic hydroxyl groups excluding tert-OH is 5. The van der Waals surface area contributed by atoms with Crippen molar-refractivity contribution < 1.29 is 63.1 Å². The highest BCUT2D eigenvalue weighted by molar-refractivity contribution is 7.47. The van der Waals surface area contributed by atoms with Gasteiger partial charge in [-0.05, 0) is 77.0 Å². The molecule has 0 heterocycles. The highest BCUT2D eigenvalue weighted by atomic mass is 31.2. The van der Waals surface area contributed by atoms with Gasteiger partial charge in [-0.1, -0.05) is 164 Å². The molecule has 0 radical (unpaired) electrons. The van der Waals surface area contributed by atoms with Gasteiger partial charge in [0.1, 0.15) is 43.2 Å². The topological polar surface area (TPSA) is 210 Å². The summed E-state index contributed by atoms with van der Waals surface area (Å²) in [5.41, 5.74) is 0. The summed E-state index contributed by atoms with van der Waals surface area (Å²) in [7, 11) is -5.14. The molecule has 0 aromatic carbocycles. The smallest absolute Gasteiger partial charge is 0.462 e. The first kappa shape index (κ1) is 60.3. The zero-order valence-electron chi connectivity index (χ0n) is 39.8. The lowest BCUT2D eigenvalue weighted by Crippen LogP contribution is -2.64. The van der Waals surface area contributed by atoms with Gasteiger partial charge in [-0.15, -0.1) is 0 Å². The summed E-state index contributed by atoms with van der Waals surface area (Å²) in [4.78, 5) is 35.7. The molecule has 0 amide bonds. The largest absolute Gasteiger partial charge is 0.472 e. The number of carbonyl (C=O) groups is 2. The maximum atomic E-state index is 12.8. The van der Waals surface area contributed by atoms with Crippen molar-refractivity contribution in [2.24, 2.45) is 0 Å². The summed E-state index contributed by atoms with van der Waals surface area (Å²) in [6.07, 6.45) is 38.2. The number of phosphoric acid groups is 1. The summed E-state index contributed by atoms with van der Waals surface area (Å²) >= 11 is 0. The molecule has 6 unspecified atom stereocenters. The Labute approximate surface area is 391 Å². The standard InChI is InChI=1S/C51H87O13P/c1-3-5-7-9-11-13-15-17-19-21-22-24-26-28-30-32-34-36-38-40-45(53)63-43(42-62-65(59,60)64-51-49(57)47(55)46(54)48(56)50(51)58)41-61-44(52)39-37-35-33-31-29-27-25-23-20-18-16-14-12-10-8-6-4-2/h11,13,17-20,22,24,28,30,34,36,43,46-51,54-58H,3-10,12,14-16,21,23,25-27,29,31-33,35,37-42H2,1-2H3,(H,59,60)/b13-11+,19-17+,20-18+,24-22+,30-28+,36-34+/t43-,46?,47-,48?,49?,50?,51?/m1/s1. The van der Waals surface area contributed by atoms with Gasteiger partial charge in [0.25, 0.3) is 0 Å². The molecule has 8 atom stereocenters. The first-order valence-corrected chi connectivity index (χ1v) is 26.2. The first-order chi connectivity index (χ1) is 31.4. The van der Waals surface area contributed by atoms with Crippen molar-refractivity contribution in [1.29, 1.82) is 0 Å². The van der Waals surface area contributed by atoms with Gasteiger partial charge in [-0.25, -0.2) is 4.57 Å². The third-order valence-corrected chi connectivity index (χ3v) is 12.0. The maximum Gasteiger partial charge on any atom is 0.472 e. The van der Waals surface area contributed by atoms with Gasteiger partial charge in [-0.3, -0.25) is 18.6 Å². The molecule has 0 aromatic rings. The number of hydrogen-bond donors (Lipinski definition) is 6. The van der Waals surface area contributed by atoms with Crippen LogP contribution in [0.3, 0.4) is 0 Å². The van der Waals surface area contributed by atoms with E-state index in [1.807, 2.05) is 18.2 Å². The van der Waals surface area contributed by atoms with Crippen LogP contribution < -0.4 is 0 Å². The van der Waals surface area contributed by atoms with E-state index in [4.69, 9.17) is 18.5 Å². The minimum absolute atomic E-state index is 0.0304. The van der Waals surface area contributed by atoms with Crippen molar-refractivity contribution in [2.75, 3.05) is 13.2 Å². The molecule has 1 fully saturated rings. The number of carbonyl (C=O) groups excluding carboxylic acids is 2. The number of unbranched alkanes of at least 4 members (excludes halogenated alkanes) is 16. The van der Waals surface area contributed by atoms with Crippen LogP contribution in [-0.2, 0) is 32.7 Å². The van der Waals surface area contributed by atoms with Crippen molar-refractivity contribution in [1.82, 2.24) is 0 Å². The van der Waals surface area contributed by atoms with Crippen LogP contribution in [0.2, 0.25) is 0 Å². The third-order valence-electron chi connectivity index (χ3n) is 11.0. The molecule has 1 saturated carbocycles. The van der Waals surface area contributed by atoms with Crippen molar-refractivity contribution in [2.45, 2.75) is 224 Å². The lowest BCUT2D eigenvalue weighted by atomic mass is 9.85. The monoisotopic (exact) mass is 939 g/mol. The lowest BCUT2D eigenvalue weighted by molar-refractivity contribution is -0.220. The summed E-state index contributed by atoms with van der Waals surface area (Å²) < 4.78 is 33.5. The number of ether oxygens (including phenoxy) is 2. The van der Waals surface area contributed by atoms with E-state index in [1.165, 1.54) is 77.0 Å². The number of esters is 2. The Morgan fingerprint density at radius 1 is 0.477 bits per heavy atom. The Bertz CT molecular complexity index is 1410. The van der Waals surface area contributed by atoms with Gasteiger partial charge < -0.3 is 39.9 Å². The molecule has 1 rings (SSSR count). The normalized spacial score (nSPS) is 22.0. The summed E-state index contributed by atoms with van der Waals surface area (Å²) in [6.45, 7) is 3.21. The fourth-order valence-electron chi connectivity index (χ4n) is 7.03. The van der Waals surface area contributed by atoms with Crippen LogP contribution in [0.25, 0.3) is 0 Å². The average Bonchev–Trinajstić information content (AvgIpc) is 3.29. The third kappa shape index (κ3) is 32.6. The predicted molar refractivity (Wildman–Crippen MR) is 258 cm³/mol. The minimum atomic E-state index is -5.14. The highest BCUT2D eigenvalue weighted by Gasteiger charge is 2.51. The Balaban J connectivity index is 2.49. The quantitative estimate of drug-likeness (QED) is 0.0146. The minimum Gasteiger partial charge on any atom is -0.462 e. The van der Waals surface area contributed by atoms with Gasteiger partial charge in [0.2, 0.25) is 0 Å². The molecule has 0 saturated heterocycles. The van der Waals surface area contributed by atoms with Gasteiger partial charge in [-0.2, -0.15) is 0 Å². The Hall–Kier alpha value is -2.71. The molecule has 13 nitrogen and oxygen atoms in total. The molecule has 0 aliphatic heterocycles. The van der Waals surface area contributed by atoms with Gasteiger partial charge in [0, 0.05) is 12.8 Å². The van der Waals surface area contributed by atoms with E-state index < -0.39 is 75.7 Å². The number of allylic oxidation sites excluding steroid dienone is 12. The maximum absolute atomic E-state index is 12.8. The van der Waals surface area contributed by atoms with Crippen molar-refractivity contribution >= 4 is 19.8 Å². The second kappa shape index (κ2) is 40.4. The Morgan fingerprint density at radius 2 is 0.862 bits per heavy atom. The molecule has 0 spiro atoms. The molecule has 0 bridgehead atoms. The molecule has 65 heavy (non-hydrogen) atoms. The average molecular weight is 939 g/mol. The number of hydrogen-bond acceptors (Lipinski definition) is 12. The molecule has 14 heteroatoms. The van der Waals surface area contributed by atoms with E-state index >= 15 is 0 Å². The predicted octanol–water partition coefficient (Wildman–Crippen LogP) is 10.3. The van der Waals surface area contributed by atoms with Crippen molar-refractivity contribution in [3.05, 3.63) is 72.9 Å². The van der Waals surface area contributed by atoms with Gasteiger partial charge >= 0.3 is 19.8 Å². The molecular weight excluding hydrogens is 852 g/mol. The van der Waals surface area contributed by atoms with E-state index in [2.05, 4.69) is 68.5 Å². The zero-order valence-corrected chi connectivity index (χ0v) is 40.7. The van der Waals surface area contributed by atoms with E-state index in [1.54, 1.807) is 0 Å². The van der Waals surface area contributed by atoms with Crippen LogP contribution in [0.5, 0.6) is 0 Å². The fourth-order valence-corrected chi connectivity index (χ4v) is 8.00. The van der Waals surface area contributed by atoms with Gasteiger partial charge in [0.15, 0.2) is 6.10 Å². The summed E-state index contributed by atoms with van der Waals surface area (Å²) in [5.74, 6) is -1.20. The van der Waals surface area contributed by atoms with Crippen LogP contribution in [0, 0.1) is 0 Å². The number of phosphoric ester groups is 1. The SMILES string of the molecule is CCCCC/C=C/C/C=C/C/C=C/C/C=C/C/C=C/CCC(=O)O[C@H](COC(=O)CCCCCCCCC/C=C/CCCCCCCC)COP(=O)(O)OC1C(O)C(O)C(O)[C@@H](O)C1O. The molecule has 1 aliphatic carbocycles. The van der Waals surface area contributed by atoms with Crippen LogP contribution >= 0.6 is 7.82 Å². The molecule has 6 N–H and O–H groups in total. The molecule has 1 aliphatic rings. The van der Waals surface area contributed by atoms with E-state index in [0.29, 0.717) is 19.3 Å². The molecular formula is C51H87O13P. The first-order valence-electron chi connectivity index (χ1n) is 24.7. The Morgan fingerprint density at radius 3 is 1.37 bits per heavy atom. The number of rotatable bonds is 40. The van der Waals surface area contributed by atoms with Crippen LogP contribution in [0.4, 0.5) is 0 Å².